The molecule has 2 bridgehead atoms. The molecule has 1 heterocycles. The predicted molar refractivity (Wildman–Crippen MR) is 128 cm³/mol. The molecule has 1 saturated carbocycles. The second kappa shape index (κ2) is 7.95. The molecule has 1 N–H and O–H groups in total. The number of nitrogens with zero attached hydrogens (tertiary/aromatic N) is 1. The van der Waals surface area contributed by atoms with Crippen molar-refractivity contribution in [1.82, 2.24) is 4.90 Å². The average molecular weight is 435 g/mol. The van der Waals surface area contributed by atoms with E-state index in [9.17, 15) is 8.42 Å². The van der Waals surface area contributed by atoms with Crippen LogP contribution in [-0.4, -0.2) is 32.2 Å². The van der Waals surface area contributed by atoms with E-state index < -0.39 is 10.0 Å². The second-order valence-corrected chi connectivity index (χ2v) is 11.1. The quantitative estimate of drug-likeness (QED) is 0.593. The van der Waals surface area contributed by atoms with Crippen molar-refractivity contribution in [3.63, 3.8) is 0 Å². The molecule has 3 aromatic rings. The highest BCUT2D eigenvalue weighted by Crippen LogP contribution is 2.47. The maximum absolute atomic E-state index is 11.7. The minimum Gasteiger partial charge on any atom is -0.296 e. The third-order valence-corrected chi connectivity index (χ3v) is 7.80. The molecule has 0 spiro atoms. The SMILES string of the molecule is CS(=O)(=O)Nc1cccc(C23CCCC(C2)N(Cc2ccc4ccccc4c2)CC3)c1. The molecule has 4 nitrogen and oxygen atoms in total. The van der Waals surface area contributed by atoms with Crippen molar-refractivity contribution in [2.45, 2.75) is 50.1 Å². The zero-order valence-electron chi connectivity index (χ0n) is 18.0. The zero-order valence-corrected chi connectivity index (χ0v) is 18.9. The van der Waals surface area contributed by atoms with Gasteiger partial charge < -0.3 is 0 Å². The van der Waals surface area contributed by atoms with Gasteiger partial charge in [-0.1, -0.05) is 55.0 Å². The summed E-state index contributed by atoms with van der Waals surface area (Å²) in [6.45, 7) is 2.09. The lowest BCUT2D eigenvalue weighted by Crippen LogP contribution is -2.51. The summed E-state index contributed by atoms with van der Waals surface area (Å²) in [7, 11) is -3.27. The molecule has 0 aromatic heterocycles. The summed E-state index contributed by atoms with van der Waals surface area (Å²) >= 11 is 0. The van der Waals surface area contributed by atoms with Gasteiger partial charge in [0, 0.05) is 18.3 Å². The molecule has 3 aromatic carbocycles. The zero-order chi connectivity index (χ0) is 21.5. The van der Waals surface area contributed by atoms with Crippen molar-refractivity contribution < 1.29 is 8.42 Å². The monoisotopic (exact) mass is 434 g/mol. The molecule has 2 aliphatic rings. The van der Waals surface area contributed by atoms with Gasteiger partial charge in [-0.2, -0.15) is 0 Å². The van der Waals surface area contributed by atoms with Gasteiger partial charge in [-0.25, -0.2) is 8.42 Å². The van der Waals surface area contributed by atoms with Crippen molar-refractivity contribution in [2.24, 2.45) is 0 Å². The molecule has 1 saturated heterocycles. The molecule has 2 fully saturated rings. The minimum absolute atomic E-state index is 0.165. The molecular formula is C26H30N2O2S. The van der Waals surface area contributed by atoms with E-state index in [1.54, 1.807) is 0 Å². The van der Waals surface area contributed by atoms with Gasteiger partial charge in [-0.05, 0) is 77.7 Å². The van der Waals surface area contributed by atoms with Gasteiger partial charge in [0.05, 0.1) is 6.26 Å². The number of likely N-dealkylation sites (tertiary alicyclic amines) is 1. The molecule has 2 atom stereocenters. The van der Waals surface area contributed by atoms with E-state index >= 15 is 0 Å². The van der Waals surface area contributed by atoms with Crippen LogP contribution in [0.4, 0.5) is 5.69 Å². The third kappa shape index (κ3) is 4.35. The maximum Gasteiger partial charge on any atom is 0.229 e. The lowest BCUT2D eigenvalue weighted by atomic mass is 9.63. The molecule has 0 amide bonds. The number of nitrogens with one attached hydrogen (secondary N) is 1. The van der Waals surface area contributed by atoms with E-state index in [-0.39, 0.29) is 5.41 Å². The molecule has 1 aliphatic carbocycles. The van der Waals surface area contributed by atoms with Crippen molar-refractivity contribution in [3.05, 3.63) is 77.9 Å². The van der Waals surface area contributed by atoms with Crippen LogP contribution in [0.15, 0.2) is 66.7 Å². The molecule has 5 heteroatoms. The summed E-state index contributed by atoms with van der Waals surface area (Å²) in [4.78, 5) is 2.67. The normalized spacial score (nSPS) is 24.2. The first-order chi connectivity index (χ1) is 14.9. The Morgan fingerprint density at radius 3 is 2.68 bits per heavy atom. The van der Waals surface area contributed by atoms with Crippen LogP contribution in [0.25, 0.3) is 10.8 Å². The first-order valence-corrected chi connectivity index (χ1v) is 13.1. The molecule has 0 radical (unpaired) electrons. The lowest BCUT2D eigenvalue weighted by molar-refractivity contribution is 0.0459. The maximum atomic E-state index is 11.7. The highest BCUT2D eigenvalue weighted by atomic mass is 32.2. The summed E-state index contributed by atoms with van der Waals surface area (Å²) < 4.78 is 26.0. The van der Waals surface area contributed by atoms with Gasteiger partial charge in [0.15, 0.2) is 0 Å². The van der Waals surface area contributed by atoms with Crippen LogP contribution in [0, 0.1) is 0 Å². The van der Waals surface area contributed by atoms with Gasteiger partial charge in [-0.3, -0.25) is 9.62 Å². The van der Waals surface area contributed by atoms with Gasteiger partial charge >= 0.3 is 0 Å². The highest BCUT2D eigenvalue weighted by molar-refractivity contribution is 7.92. The number of rotatable bonds is 5. The molecule has 5 rings (SSSR count). The van der Waals surface area contributed by atoms with Crippen molar-refractivity contribution in [3.8, 4) is 0 Å². The van der Waals surface area contributed by atoms with Crippen molar-refractivity contribution >= 4 is 26.5 Å². The van der Waals surface area contributed by atoms with Crippen LogP contribution in [0.2, 0.25) is 0 Å². The van der Waals surface area contributed by atoms with E-state index in [2.05, 4.69) is 64.2 Å². The Kier molecular flexibility index (Phi) is 5.27. The van der Waals surface area contributed by atoms with Gasteiger partial charge in [0.2, 0.25) is 10.0 Å². The predicted octanol–water partition coefficient (Wildman–Crippen LogP) is 5.30. The number of hydrogen-bond donors (Lipinski definition) is 1. The smallest absolute Gasteiger partial charge is 0.229 e. The van der Waals surface area contributed by atoms with Crippen LogP contribution in [-0.2, 0) is 22.0 Å². The van der Waals surface area contributed by atoms with Crippen LogP contribution < -0.4 is 4.72 Å². The summed E-state index contributed by atoms with van der Waals surface area (Å²) in [5, 5.41) is 2.61. The van der Waals surface area contributed by atoms with Crippen LogP contribution in [0.3, 0.4) is 0 Å². The first kappa shape index (κ1) is 20.5. The van der Waals surface area contributed by atoms with Gasteiger partial charge in [-0.15, -0.1) is 0 Å². The first-order valence-electron chi connectivity index (χ1n) is 11.2. The fraction of sp³-hybridized carbons (Fsp3) is 0.385. The molecule has 162 valence electrons. The fourth-order valence-corrected chi connectivity index (χ4v) is 6.28. The number of piperidine rings is 1. The van der Waals surface area contributed by atoms with E-state index in [1.807, 2.05) is 12.1 Å². The van der Waals surface area contributed by atoms with Gasteiger partial charge in [0.25, 0.3) is 0 Å². The van der Waals surface area contributed by atoms with E-state index in [4.69, 9.17) is 0 Å². The Labute approximate surface area is 185 Å². The lowest BCUT2D eigenvalue weighted by Gasteiger charge is -2.51. The number of hydrogen-bond acceptors (Lipinski definition) is 3. The van der Waals surface area contributed by atoms with Crippen LogP contribution >= 0.6 is 0 Å². The third-order valence-electron chi connectivity index (χ3n) is 7.19. The van der Waals surface area contributed by atoms with Crippen LogP contribution in [0.1, 0.15) is 43.2 Å². The van der Waals surface area contributed by atoms with Gasteiger partial charge in [0.1, 0.15) is 0 Å². The fourth-order valence-electron chi connectivity index (χ4n) is 5.72. The topological polar surface area (TPSA) is 49.4 Å². The minimum atomic E-state index is -3.27. The second-order valence-electron chi connectivity index (χ2n) is 9.39. The van der Waals surface area contributed by atoms with E-state index in [0.717, 1.165) is 25.9 Å². The van der Waals surface area contributed by atoms with Crippen molar-refractivity contribution in [2.75, 3.05) is 17.5 Å². The van der Waals surface area contributed by atoms with Crippen LogP contribution in [0.5, 0.6) is 0 Å². The highest BCUT2D eigenvalue weighted by Gasteiger charge is 2.43. The summed E-state index contributed by atoms with van der Waals surface area (Å²) in [5.74, 6) is 0. The number of anilines is 1. The summed E-state index contributed by atoms with van der Waals surface area (Å²) in [5.41, 5.74) is 3.51. The molecule has 1 aliphatic heterocycles. The number of sulfonamides is 1. The molecular weight excluding hydrogens is 404 g/mol. The number of fused-ring (bicyclic) bond motifs is 3. The average Bonchev–Trinajstić information content (AvgIpc) is 2.75. The Bertz CT molecular complexity index is 1210. The Hall–Kier alpha value is -2.37. The largest absolute Gasteiger partial charge is 0.296 e. The summed E-state index contributed by atoms with van der Waals surface area (Å²) in [6.07, 6.45) is 7.15. The standard InChI is InChI=1S/C26H30N2O2S/c1-31(29,30)27-24-9-4-8-23(17-24)26-13-5-10-25(18-26)28(15-14-26)19-20-11-12-21-6-2-3-7-22(21)16-20/h2-4,6-9,11-12,16-17,25,27H,5,10,13-15,18-19H2,1H3. The summed E-state index contributed by atoms with van der Waals surface area (Å²) in [6, 6.07) is 24.1. The number of benzene rings is 3. The van der Waals surface area contributed by atoms with E-state index in [0.29, 0.717) is 11.7 Å². The Morgan fingerprint density at radius 2 is 1.84 bits per heavy atom. The Morgan fingerprint density at radius 1 is 1.00 bits per heavy atom. The molecule has 31 heavy (non-hydrogen) atoms. The Balaban J connectivity index is 1.35. The van der Waals surface area contributed by atoms with E-state index in [1.165, 1.54) is 47.4 Å². The van der Waals surface area contributed by atoms with Crippen molar-refractivity contribution in [1.29, 1.82) is 0 Å². The molecule has 2 unspecified atom stereocenters.